The summed E-state index contributed by atoms with van der Waals surface area (Å²) < 4.78 is 5.70. The van der Waals surface area contributed by atoms with E-state index in [0.717, 1.165) is 17.1 Å². The molecule has 2 rings (SSSR count). The van der Waals surface area contributed by atoms with E-state index in [1.165, 1.54) is 0 Å². The highest BCUT2D eigenvalue weighted by atomic mass is 32.2. The third kappa shape index (κ3) is 5.46. The summed E-state index contributed by atoms with van der Waals surface area (Å²) in [6.45, 7) is 3.12. The Kier molecular flexibility index (Phi) is 6.77. The van der Waals surface area contributed by atoms with Crippen LogP contribution in [0.3, 0.4) is 0 Å². The van der Waals surface area contributed by atoms with Gasteiger partial charge in [0.15, 0.2) is 0 Å². The normalized spacial score (nSPS) is 17.8. The number of thioether (sulfide) groups is 1. The first-order valence-electron chi connectivity index (χ1n) is 7.85. The number of benzene rings is 1. The van der Waals surface area contributed by atoms with Gasteiger partial charge in [-0.1, -0.05) is 18.2 Å². The lowest BCUT2D eigenvalue weighted by molar-refractivity contribution is -0.140. The Labute approximate surface area is 141 Å². The van der Waals surface area contributed by atoms with Crippen LogP contribution >= 0.6 is 11.8 Å². The molecule has 0 aromatic heterocycles. The predicted molar refractivity (Wildman–Crippen MR) is 91.0 cm³/mol. The summed E-state index contributed by atoms with van der Waals surface area (Å²) in [4.78, 5) is 25.0. The molecule has 1 unspecified atom stereocenters. The first-order chi connectivity index (χ1) is 11.1. The first kappa shape index (κ1) is 17.7. The Balaban J connectivity index is 1.77. The fraction of sp³-hybridized carbons (Fsp3) is 0.529. The van der Waals surface area contributed by atoms with Crippen molar-refractivity contribution in [1.82, 2.24) is 4.90 Å². The monoisotopic (exact) mass is 337 g/mol. The summed E-state index contributed by atoms with van der Waals surface area (Å²) in [5.41, 5.74) is 1.08. The molecular weight excluding hydrogens is 314 g/mol. The number of aliphatic carboxylic acids is 1. The van der Waals surface area contributed by atoms with E-state index in [-0.39, 0.29) is 18.4 Å². The van der Waals surface area contributed by atoms with E-state index in [4.69, 9.17) is 9.84 Å². The molecule has 0 bridgehead atoms. The maximum atomic E-state index is 12.3. The van der Waals surface area contributed by atoms with Crippen LogP contribution < -0.4 is 4.74 Å². The van der Waals surface area contributed by atoms with E-state index in [0.29, 0.717) is 31.7 Å². The molecule has 0 saturated carbocycles. The highest BCUT2D eigenvalue weighted by Gasteiger charge is 2.28. The van der Waals surface area contributed by atoms with Gasteiger partial charge in [-0.25, -0.2) is 0 Å². The molecule has 0 aliphatic carbocycles. The number of carboxylic acid groups (broad SMARTS) is 1. The molecule has 23 heavy (non-hydrogen) atoms. The van der Waals surface area contributed by atoms with E-state index >= 15 is 0 Å². The van der Waals surface area contributed by atoms with Gasteiger partial charge in [0.2, 0.25) is 5.91 Å². The maximum Gasteiger partial charge on any atom is 0.305 e. The molecule has 1 heterocycles. The number of rotatable bonds is 7. The van der Waals surface area contributed by atoms with Crippen LogP contribution in [-0.2, 0) is 9.59 Å². The van der Waals surface area contributed by atoms with E-state index in [9.17, 15) is 9.59 Å². The Morgan fingerprint density at radius 1 is 1.39 bits per heavy atom. The molecule has 0 spiro atoms. The number of hydrogen-bond donors (Lipinski definition) is 1. The number of amides is 1. The molecule has 1 N–H and O–H groups in total. The second-order valence-corrected chi connectivity index (χ2v) is 6.78. The quantitative estimate of drug-likeness (QED) is 0.775. The van der Waals surface area contributed by atoms with Crippen molar-refractivity contribution in [1.29, 1.82) is 0 Å². The Morgan fingerprint density at radius 3 is 2.91 bits per heavy atom. The van der Waals surface area contributed by atoms with Crippen molar-refractivity contribution < 1.29 is 19.4 Å². The number of carboxylic acids is 1. The number of aryl methyl sites for hydroxylation is 1. The second-order valence-electron chi connectivity index (χ2n) is 5.63. The average molecular weight is 337 g/mol. The summed E-state index contributed by atoms with van der Waals surface area (Å²) >= 11 is 1.71. The minimum atomic E-state index is -0.849. The largest absolute Gasteiger partial charge is 0.493 e. The van der Waals surface area contributed by atoms with Crippen molar-refractivity contribution >= 4 is 23.6 Å². The molecule has 1 amide bonds. The minimum Gasteiger partial charge on any atom is -0.493 e. The topological polar surface area (TPSA) is 66.8 Å². The number of para-hydroxylation sites is 1. The van der Waals surface area contributed by atoms with Gasteiger partial charge >= 0.3 is 5.97 Å². The fourth-order valence-corrected chi connectivity index (χ4v) is 3.68. The molecule has 1 saturated heterocycles. The van der Waals surface area contributed by atoms with E-state index in [1.807, 2.05) is 31.2 Å². The van der Waals surface area contributed by atoms with Crippen LogP contribution in [0.15, 0.2) is 24.3 Å². The van der Waals surface area contributed by atoms with Crippen LogP contribution in [0.4, 0.5) is 0 Å². The highest BCUT2D eigenvalue weighted by Crippen LogP contribution is 2.21. The number of carbonyl (C=O) groups is 2. The van der Waals surface area contributed by atoms with Crippen LogP contribution in [-0.4, -0.2) is 52.6 Å². The van der Waals surface area contributed by atoms with Crippen LogP contribution in [0.5, 0.6) is 5.75 Å². The van der Waals surface area contributed by atoms with Crippen molar-refractivity contribution in [3.05, 3.63) is 29.8 Å². The number of carbonyl (C=O) groups excluding carboxylic acids is 1. The molecule has 126 valence electrons. The van der Waals surface area contributed by atoms with Crippen molar-refractivity contribution in [2.24, 2.45) is 0 Å². The van der Waals surface area contributed by atoms with Gasteiger partial charge in [-0.05, 0) is 25.0 Å². The van der Waals surface area contributed by atoms with Gasteiger partial charge in [0, 0.05) is 24.5 Å². The van der Waals surface area contributed by atoms with Crippen molar-refractivity contribution in [2.45, 2.75) is 32.2 Å². The lowest BCUT2D eigenvalue weighted by atomic mass is 10.1. The Bertz CT molecular complexity index is 549. The smallest absolute Gasteiger partial charge is 0.305 e. The van der Waals surface area contributed by atoms with Gasteiger partial charge in [0.05, 0.1) is 19.1 Å². The molecule has 1 aromatic rings. The van der Waals surface area contributed by atoms with Gasteiger partial charge in [0.25, 0.3) is 0 Å². The molecule has 1 aliphatic rings. The number of ether oxygens (including phenoxy) is 1. The summed E-state index contributed by atoms with van der Waals surface area (Å²) in [7, 11) is 0. The van der Waals surface area contributed by atoms with Gasteiger partial charge in [-0.3, -0.25) is 9.59 Å². The van der Waals surface area contributed by atoms with E-state index in [2.05, 4.69) is 0 Å². The summed E-state index contributed by atoms with van der Waals surface area (Å²) in [6.07, 6.45) is 1.06. The van der Waals surface area contributed by atoms with Gasteiger partial charge < -0.3 is 14.7 Å². The van der Waals surface area contributed by atoms with E-state index < -0.39 is 5.97 Å². The number of hydrogen-bond acceptors (Lipinski definition) is 4. The number of nitrogens with zero attached hydrogens (tertiary/aromatic N) is 1. The zero-order chi connectivity index (χ0) is 16.7. The van der Waals surface area contributed by atoms with Crippen molar-refractivity contribution in [2.75, 3.05) is 24.7 Å². The molecule has 1 aliphatic heterocycles. The van der Waals surface area contributed by atoms with Crippen LogP contribution in [0.2, 0.25) is 0 Å². The SMILES string of the molecule is Cc1ccccc1OCCCC(=O)N1CCSCC1CC(=O)O. The molecular formula is C17H23NO4S. The van der Waals surface area contributed by atoms with Crippen molar-refractivity contribution in [3.63, 3.8) is 0 Å². The highest BCUT2D eigenvalue weighted by molar-refractivity contribution is 7.99. The van der Waals surface area contributed by atoms with Gasteiger partial charge in [0.1, 0.15) is 5.75 Å². The zero-order valence-corrected chi connectivity index (χ0v) is 14.2. The zero-order valence-electron chi connectivity index (χ0n) is 13.4. The lowest BCUT2D eigenvalue weighted by Crippen LogP contribution is -2.47. The van der Waals surface area contributed by atoms with Crippen LogP contribution in [0.25, 0.3) is 0 Å². The molecule has 1 aromatic carbocycles. The summed E-state index contributed by atoms with van der Waals surface area (Å²) in [5, 5.41) is 8.96. The molecule has 6 heteroatoms. The summed E-state index contributed by atoms with van der Waals surface area (Å²) in [5.74, 6) is 1.61. The third-order valence-corrected chi connectivity index (χ3v) is 4.94. The standard InChI is InChI=1S/C17H23NO4S/c1-13-5-2-3-6-15(13)22-9-4-7-16(19)18-8-10-23-12-14(18)11-17(20)21/h2-3,5-6,14H,4,7-12H2,1H3,(H,20,21). The Morgan fingerprint density at radius 2 is 2.17 bits per heavy atom. The van der Waals surface area contributed by atoms with Gasteiger partial charge in [-0.15, -0.1) is 0 Å². The third-order valence-electron chi connectivity index (χ3n) is 3.84. The van der Waals surface area contributed by atoms with E-state index in [1.54, 1.807) is 16.7 Å². The predicted octanol–water partition coefficient (Wildman–Crippen LogP) is 2.57. The maximum absolute atomic E-state index is 12.3. The summed E-state index contributed by atoms with van der Waals surface area (Å²) in [6, 6.07) is 7.61. The average Bonchev–Trinajstić information content (AvgIpc) is 2.53. The molecule has 0 radical (unpaired) electrons. The molecule has 1 atom stereocenters. The lowest BCUT2D eigenvalue weighted by Gasteiger charge is -2.34. The minimum absolute atomic E-state index is 0.0262. The molecule has 1 fully saturated rings. The first-order valence-corrected chi connectivity index (χ1v) is 9.01. The van der Waals surface area contributed by atoms with Gasteiger partial charge in [-0.2, -0.15) is 11.8 Å². The second kappa shape index (κ2) is 8.82. The van der Waals surface area contributed by atoms with Crippen molar-refractivity contribution in [3.8, 4) is 5.75 Å². The molecule has 5 nitrogen and oxygen atoms in total. The van der Waals surface area contributed by atoms with Crippen LogP contribution in [0, 0.1) is 6.92 Å². The Hall–Kier alpha value is -1.69. The van der Waals surface area contributed by atoms with Crippen LogP contribution in [0.1, 0.15) is 24.8 Å². The fourth-order valence-electron chi connectivity index (χ4n) is 2.62.